The van der Waals surface area contributed by atoms with Crippen molar-refractivity contribution in [2.45, 2.75) is 76.3 Å². The third-order valence-corrected chi connectivity index (χ3v) is 7.54. The van der Waals surface area contributed by atoms with Crippen LogP contribution in [0.2, 0.25) is 0 Å². The lowest BCUT2D eigenvalue weighted by Crippen LogP contribution is -2.37. The van der Waals surface area contributed by atoms with Crippen LogP contribution in [0.3, 0.4) is 0 Å². The summed E-state index contributed by atoms with van der Waals surface area (Å²) in [5, 5.41) is 7.14. The Kier molecular flexibility index (Phi) is 5.60. The summed E-state index contributed by atoms with van der Waals surface area (Å²) in [6.45, 7) is 4.47. The zero-order valence-corrected chi connectivity index (χ0v) is 18.7. The molecule has 2 aromatic carbocycles. The summed E-state index contributed by atoms with van der Waals surface area (Å²) in [6.07, 6.45) is 11.7. The third-order valence-electron chi connectivity index (χ3n) is 7.54. The van der Waals surface area contributed by atoms with Gasteiger partial charge in [-0.1, -0.05) is 81.7 Å². The van der Waals surface area contributed by atoms with Gasteiger partial charge in [0.25, 0.3) is 5.91 Å². The molecule has 0 spiro atoms. The zero-order valence-electron chi connectivity index (χ0n) is 18.7. The monoisotopic (exact) mass is 414 g/mol. The fourth-order valence-electron chi connectivity index (χ4n) is 5.74. The summed E-state index contributed by atoms with van der Waals surface area (Å²) in [5.41, 5.74) is 5.78. The average molecular weight is 415 g/mol. The standard InChI is InChI=1S/C28H34N2O/c1-18(2)19-14-16-20(17-15-19)26-23-11-6-10-22(23)24-12-7-13-25(27(24)30-26)28(31)29-21-8-4-3-5-9-21/h6-7,10,12-18,21-23,26,30H,3-5,8-9,11H2,1-2H3,(H,29,31). The zero-order chi connectivity index (χ0) is 21.4. The molecule has 31 heavy (non-hydrogen) atoms. The Morgan fingerprint density at radius 1 is 1.03 bits per heavy atom. The van der Waals surface area contributed by atoms with Gasteiger partial charge in [0.2, 0.25) is 0 Å². The molecule has 0 aromatic heterocycles. The minimum Gasteiger partial charge on any atom is -0.377 e. The second-order valence-corrected chi connectivity index (χ2v) is 9.88. The maximum absolute atomic E-state index is 13.3. The number of hydrogen-bond acceptors (Lipinski definition) is 2. The molecule has 5 rings (SSSR count). The number of carbonyl (C=O) groups is 1. The highest BCUT2D eigenvalue weighted by Crippen LogP contribution is 2.50. The van der Waals surface area contributed by atoms with Gasteiger partial charge >= 0.3 is 0 Å². The predicted molar refractivity (Wildman–Crippen MR) is 128 cm³/mol. The maximum Gasteiger partial charge on any atom is 0.253 e. The summed E-state index contributed by atoms with van der Waals surface area (Å²) in [4.78, 5) is 13.3. The molecule has 0 bridgehead atoms. The number of anilines is 1. The Bertz CT molecular complexity index is 969. The van der Waals surface area contributed by atoms with Gasteiger partial charge in [-0.15, -0.1) is 0 Å². The molecule has 0 radical (unpaired) electrons. The van der Waals surface area contributed by atoms with Crippen molar-refractivity contribution in [1.82, 2.24) is 5.32 Å². The molecular weight excluding hydrogens is 380 g/mol. The minimum absolute atomic E-state index is 0.0746. The quantitative estimate of drug-likeness (QED) is 0.547. The summed E-state index contributed by atoms with van der Waals surface area (Å²) in [7, 11) is 0. The van der Waals surface area contributed by atoms with E-state index in [1.807, 2.05) is 6.07 Å². The number of hydrogen-bond donors (Lipinski definition) is 2. The first-order valence-electron chi connectivity index (χ1n) is 12.1. The van der Waals surface area contributed by atoms with Crippen molar-refractivity contribution in [1.29, 1.82) is 0 Å². The van der Waals surface area contributed by atoms with Gasteiger partial charge in [-0.2, -0.15) is 0 Å². The SMILES string of the molecule is CC(C)c1ccc(C2Nc3c(C(=O)NC4CCCCC4)cccc3C3C=CCC32)cc1. The van der Waals surface area contributed by atoms with Gasteiger partial charge in [-0.25, -0.2) is 0 Å². The van der Waals surface area contributed by atoms with Crippen molar-refractivity contribution in [3.05, 3.63) is 76.9 Å². The lowest BCUT2D eigenvalue weighted by atomic mass is 9.76. The molecular formula is C28H34N2O. The van der Waals surface area contributed by atoms with Crippen LogP contribution >= 0.6 is 0 Å². The third kappa shape index (κ3) is 3.91. The van der Waals surface area contributed by atoms with Crippen LogP contribution < -0.4 is 10.6 Å². The fourth-order valence-corrected chi connectivity index (χ4v) is 5.74. The molecule has 3 aliphatic rings. The number of nitrogens with one attached hydrogen (secondary N) is 2. The van der Waals surface area contributed by atoms with Gasteiger partial charge in [0.05, 0.1) is 17.3 Å². The molecule has 3 nitrogen and oxygen atoms in total. The fraction of sp³-hybridized carbons (Fsp3) is 0.464. The van der Waals surface area contributed by atoms with Gasteiger partial charge in [0, 0.05) is 12.0 Å². The number of allylic oxidation sites excluding steroid dienone is 2. The molecule has 1 saturated carbocycles. The van der Waals surface area contributed by atoms with Crippen molar-refractivity contribution < 1.29 is 4.79 Å². The smallest absolute Gasteiger partial charge is 0.253 e. The van der Waals surface area contributed by atoms with E-state index in [2.05, 4.69) is 73.0 Å². The summed E-state index contributed by atoms with van der Waals surface area (Å²) in [5.74, 6) is 1.47. The van der Waals surface area contributed by atoms with E-state index in [-0.39, 0.29) is 11.9 Å². The van der Waals surface area contributed by atoms with E-state index in [4.69, 9.17) is 0 Å². The van der Waals surface area contributed by atoms with Crippen LogP contribution in [0.25, 0.3) is 0 Å². The molecule has 3 unspecified atom stereocenters. The lowest BCUT2D eigenvalue weighted by Gasteiger charge is -2.38. The predicted octanol–water partition coefficient (Wildman–Crippen LogP) is 6.70. The molecule has 2 aliphatic carbocycles. The Hall–Kier alpha value is -2.55. The highest BCUT2D eigenvalue weighted by Gasteiger charge is 2.39. The van der Waals surface area contributed by atoms with Crippen molar-refractivity contribution in [2.24, 2.45) is 5.92 Å². The second-order valence-electron chi connectivity index (χ2n) is 9.88. The van der Waals surface area contributed by atoms with Gasteiger partial charge in [0.1, 0.15) is 0 Å². The number of carbonyl (C=O) groups excluding carboxylic acids is 1. The van der Waals surface area contributed by atoms with Gasteiger partial charge in [0.15, 0.2) is 0 Å². The summed E-state index contributed by atoms with van der Waals surface area (Å²) in [6, 6.07) is 15.9. The van der Waals surface area contributed by atoms with Gasteiger partial charge in [-0.05, 0) is 53.9 Å². The normalized spacial score (nSPS) is 25.1. The molecule has 162 valence electrons. The molecule has 1 amide bonds. The minimum atomic E-state index is 0.0746. The Balaban J connectivity index is 1.46. The van der Waals surface area contributed by atoms with Crippen LogP contribution in [-0.2, 0) is 0 Å². The van der Waals surface area contributed by atoms with E-state index in [0.29, 0.717) is 23.8 Å². The molecule has 0 saturated heterocycles. The highest BCUT2D eigenvalue weighted by molar-refractivity contribution is 6.01. The molecule has 1 aliphatic heterocycles. The van der Waals surface area contributed by atoms with E-state index in [1.54, 1.807) is 0 Å². The lowest BCUT2D eigenvalue weighted by molar-refractivity contribution is 0.0928. The van der Waals surface area contributed by atoms with Crippen LogP contribution in [0.4, 0.5) is 5.69 Å². The van der Waals surface area contributed by atoms with E-state index in [1.165, 1.54) is 36.0 Å². The number of benzene rings is 2. The van der Waals surface area contributed by atoms with Crippen LogP contribution in [0, 0.1) is 5.92 Å². The van der Waals surface area contributed by atoms with Crippen LogP contribution in [0.5, 0.6) is 0 Å². The number of amides is 1. The first kappa shape index (κ1) is 20.4. The van der Waals surface area contributed by atoms with Crippen molar-refractivity contribution in [3.8, 4) is 0 Å². The van der Waals surface area contributed by atoms with Gasteiger partial charge in [-0.3, -0.25) is 4.79 Å². The highest BCUT2D eigenvalue weighted by atomic mass is 16.1. The molecule has 1 fully saturated rings. The molecule has 2 aromatic rings. The Morgan fingerprint density at radius 3 is 2.55 bits per heavy atom. The summed E-state index contributed by atoms with van der Waals surface area (Å²) < 4.78 is 0. The summed E-state index contributed by atoms with van der Waals surface area (Å²) >= 11 is 0. The van der Waals surface area contributed by atoms with Crippen LogP contribution in [0.1, 0.15) is 97.3 Å². The van der Waals surface area contributed by atoms with E-state index in [9.17, 15) is 4.79 Å². The van der Waals surface area contributed by atoms with Crippen LogP contribution in [-0.4, -0.2) is 11.9 Å². The van der Waals surface area contributed by atoms with E-state index < -0.39 is 0 Å². The number of fused-ring (bicyclic) bond motifs is 3. The van der Waals surface area contributed by atoms with E-state index in [0.717, 1.165) is 30.5 Å². The molecule has 1 heterocycles. The first-order valence-corrected chi connectivity index (χ1v) is 12.1. The van der Waals surface area contributed by atoms with Crippen LogP contribution in [0.15, 0.2) is 54.6 Å². The number of para-hydroxylation sites is 1. The molecule has 3 heteroatoms. The van der Waals surface area contributed by atoms with Gasteiger partial charge < -0.3 is 10.6 Å². The Morgan fingerprint density at radius 2 is 1.81 bits per heavy atom. The first-order chi connectivity index (χ1) is 15.1. The largest absolute Gasteiger partial charge is 0.377 e. The maximum atomic E-state index is 13.3. The molecule has 3 atom stereocenters. The van der Waals surface area contributed by atoms with E-state index >= 15 is 0 Å². The van der Waals surface area contributed by atoms with Crippen molar-refractivity contribution in [2.75, 3.05) is 5.32 Å². The van der Waals surface area contributed by atoms with Crippen molar-refractivity contribution >= 4 is 11.6 Å². The topological polar surface area (TPSA) is 41.1 Å². The second kappa shape index (κ2) is 8.53. The Labute approximate surface area is 186 Å². The molecule has 2 N–H and O–H groups in total. The number of rotatable bonds is 4. The van der Waals surface area contributed by atoms with Crippen molar-refractivity contribution in [3.63, 3.8) is 0 Å². The average Bonchev–Trinajstić information content (AvgIpc) is 3.29.